The number of quaternary nitrogens is 1. The summed E-state index contributed by atoms with van der Waals surface area (Å²) in [6, 6.07) is 0. The molecule has 0 bridgehead atoms. The van der Waals surface area contributed by atoms with Crippen molar-refractivity contribution in [3.8, 4) is 0 Å². The maximum absolute atomic E-state index is 11.3. The molecule has 0 rings (SSSR count). The van der Waals surface area contributed by atoms with E-state index in [2.05, 4.69) is 6.92 Å². The highest BCUT2D eigenvalue weighted by molar-refractivity contribution is 4.49. The van der Waals surface area contributed by atoms with Crippen LogP contribution in [0.3, 0.4) is 0 Å². The second-order valence-electron chi connectivity index (χ2n) is 5.17. The van der Waals surface area contributed by atoms with E-state index in [0.29, 0.717) is 6.42 Å². The van der Waals surface area contributed by atoms with Crippen molar-refractivity contribution in [3.05, 3.63) is 5.21 Å². The molecule has 0 amide bonds. The summed E-state index contributed by atoms with van der Waals surface area (Å²) in [7, 11) is 0. The summed E-state index contributed by atoms with van der Waals surface area (Å²) in [6.07, 6.45) is 10.0. The fourth-order valence-electron chi connectivity index (χ4n) is 2.05. The molecule has 0 aromatic carbocycles. The Labute approximate surface area is 112 Å². The molecule has 2 unspecified atom stereocenters. The standard InChI is InChI=1S/C14H31NO3/c1-3-5-6-7-8-9-10-11-12-13-14(16)15(17,18)4-2/h14,16-17H,3-13H2,1-2H3. The van der Waals surface area contributed by atoms with Crippen molar-refractivity contribution >= 4 is 0 Å². The smallest absolute Gasteiger partial charge is 0.220 e. The summed E-state index contributed by atoms with van der Waals surface area (Å²) < 4.78 is 0. The van der Waals surface area contributed by atoms with Gasteiger partial charge < -0.3 is 10.3 Å². The van der Waals surface area contributed by atoms with Gasteiger partial charge in [-0.05, 0) is 13.3 Å². The number of aliphatic hydroxyl groups excluding tert-OH is 1. The first-order valence-corrected chi connectivity index (χ1v) is 7.54. The van der Waals surface area contributed by atoms with Crippen molar-refractivity contribution in [2.45, 2.75) is 84.3 Å². The van der Waals surface area contributed by atoms with Crippen molar-refractivity contribution in [1.82, 2.24) is 0 Å². The van der Waals surface area contributed by atoms with Crippen molar-refractivity contribution in [1.29, 1.82) is 0 Å². The fourth-order valence-corrected chi connectivity index (χ4v) is 2.05. The number of aliphatic hydroxyl groups is 1. The first kappa shape index (κ1) is 17.8. The summed E-state index contributed by atoms with van der Waals surface area (Å²) in [5.74, 6) is 0. The van der Waals surface area contributed by atoms with Gasteiger partial charge in [-0.2, -0.15) is 4.81 Å². The van der Waals surface area contributed by atoms with Gasteiger partial charge in [-0.1, -0.05) is 58.3 Å². The SMILES string of the molecule is CCCCCCCCCCCC(O)[N+]([O-])(O)CC. The molecule has 4 nitrogen and oxygen atoms in total. The number of hydroxylamine groups is 4. The molecule has 18 heavy (non-hydrogen) atoms. The Morgan fingerprint density at radius 3 is 1.78 bits per heavy atom. The zero-order valence-corrected chi connectivity index (χ0v) is 12.1. The molecule has 0 aliphatic rings. The lowest BCUT2D eigenvalue weighted by atomic mass is 10.1. The molecule has 2 N–H and O–H groups in total. The van der Waals surface area contributed by atoms with Crippen molar-refractivity contribution in [2.24, 2.45) is 0 Å². The van der Waals surface area contributed by atoms with Gasteiger partial charge in [-0.25, -0.2) is 5.21 Å². The number of unbranched alkanes of at least 4 members (excludes halogenated alkanes) is 8. The van der Waals surface area contributed by atoms with Gasteiger partial charge in [0.15, 0.2) is 0 Å². The van der Waals surface area contributed by atoms with Crippen LogP contribution in [0.1, 0.15) is 78.1 Å². The van der Waals surface area contributed by atoms with Crippen molar-refractivity contribution in [2.75, 3.05) is 6.54 Å². The molecule has 110 valence electrons. The van der Waals surface area contributed by atoms with Crippen LogP contribution in [0.15, 0.2) is 0 Å². The van der Waals surface area contributed by atoms with Gasteiger partial charge in [0.05, 0.1) is 0 Å². The summed E-state index contributed by atoms with van der Waals surface area (Å²) in [5.41, 5.74) is 0. The van der Waals surface area contributed by atoms with E-state index in [9.17, 15) is 15.5 Å². The van der Waals surface area contributed by atoms with E-state index in [1.807, 2.05) is 0 Å². The molecule has 0 fully saturated rings. The van der Waals surface area contributed by atoms with Gasteiger partial charge >= 0.3 is 0 Å². The Kier molecular flexibility index (Phi) is 10.6. The summed E-state index contributed by atoms with van der Waals surface area (Å²) in [6.45, 7) is 3.79. The molecule has 0 aliphatic carbocycles. The third-order valence-electron chi connectivity index (χ3n) is 3.48. The number of hydrogen-bond donors (Lipinski definition) is 2. The van der Waals surface area contributed by atoms with Crippen LogP contribution in [0.4, 0.5) is 0 Å². The maximum Gasteiger partial charge on any atom is 0.220 e. The predicted molar refractivity (Wildman–Crippen MR) is 73.8 cm³/mol. The van der Waals surface area contributed by atoms with E-state index in [1.54, 1.807) is 6.92 Å². The predicted octanol–water partition coefficient (Wildman–Crippen LogP) is 3.95. The van der Waals surface area contributed by atoms with Gasteiger partial charge in [0, 0.05) is 6.42 Å². The minimum absolute atomic E-state index is 0.00139. The Morgan fingerprint density at radius 1 is 0.889 bits per heavy atom. The molecule has 0 heterocycles. The fraction of sp³-hybridized carbons (Fsp3) is 1.00. The van der Waals surface area contributed by atoms with E-state index in [4.69, 9.17) is 0 Å². The zero-order valence-electron chi connectivity index (χ0n) is 12.1. The summed E-state index contributed by atoms with van der Waals surface area (Å²) in [4.78, 5) is -1.52. The van der Waals surface area contributed by atoms with E-state index in [1.165, 1.54) is 38.5 Å². The van der Waals surface area contributed by atoms with Crippen molar-refractivity contribution < 1.29 is 15.1 Å². The molecule has 2 atom stereocenters. The van der Waals surface area contributed by atoms with E-state index < -0.39 is 11.0 Å². The Balaban J connectivity index is 3.30. The van der Waals surface area contributed by atoms with Crippen LogP contribution >= 0.6 is 0 Å². The third kappa shape index (κ3) is 8.86. The first-order chi connectivity index (χ1) is 8.54. The zero-order chi connectivity index (χ0) is 13.9. The highest BCUT2D eigenvalue weighted by atomic mass is 16.9. The minimum Gasteiger partial charge on any atom is -0.596 e. The molecule has 0 spiro atoms. The largest absolute Gasteiger partial charge is 0.596 e. The van der Waals surface area contributed by atoms with Crippen LogP contribution in [-0.4, -0.2) is 27.9 Å². The second-order valence-corrected chi connectivity index (χ2v) is 5.17. The van der Waals surface area contributed by atoms with Crippen LogP contribution < -0.4 is 0 Å². The van der Waals surface area contributed by atoms with Crippen LogP contribution in [0.5, 0.6) is 0 Å². The van der Waals surface area contributed by atoms with Crippen LogP contribution in [-0.2, 0) is 0 Å². The van der Waals surface area contributed by atoms with E-state index >= 15 is 0 Å². The molecule has 0 saturated heterocycles. The average Bonchev–Trinajstić information content (AvgIpc) is 2.36. The van der Waals surface area contributed by atoms with Gasteiger partial charge in [0.1, 0.15) is 6.54 Å². The number of nitrogens with zero attached hydrogens (tertiary/aromatic N) is 1. The molecular formula is C14H31NO3. The quantitative estimate of drug-likeness (QED) is 0.242. The van der Waals surface area contributed by atoms with Crippen LogP contribution in [0.25, 0.3) is 0 Å². The second kappa shape index (κ2) is 10.7. The van der Waals surface area contributed by atoms with Crippen LogP contribution in [0.2, 0.25) is 0 Å². The van der Waals surface area contributed by atoms with Gasteiger partial charge in [0.25, 0.3) is 0 Å². The Hall–Kier alpha value is -0.160. The minimum atomic E-state index is -1.52. The highest BCUT2D eigenvalue weighted by Crippen LogP contribution is 2.14. The molecule has 0 aromatic heterocycles. The highest BCUT2D eigenvalue weighted by Gasteiger charge is 2.22. The van der Waals surface area contributed by atoms with E-state index in [-0.39, 0.29) is 6.54 Å². The lowest BCUT2D eigenvalue weighted by Crippen LogP contribution is -2.47. The average molecular weight is 261 g/mol. The maximum atomic E-state index is 11.3. The van der Waals surface area contributed by atoms with Crippen LogP contribution in [0, 0.1) is 5.21 Å². The number of hydrogen-bond acceptors (Lipinski definition) is 3. The molecule has 0 aromatic rings. The van der Waals surface area contributed by atoms with Gasteiger partial charge in [0.2, 0.25) is 6.23 Å². The van der Waals surface area contributed by atoms with Crippen molar-refractivity contribution in [3.63, 3.8) is 0 Å². The topological polar surface area (TPSA) is 63.5 Å². The lowest BCUT2D eigenvalue weighted by molar-refractivity contribution is -1.10. The molecule has 4 heteroatoms. The molecular weight excluding hydrogens is 230 g/mol. The Bertz CT molecular complexity index is 186. The summed E-state index contributed by atoms with van der Waals surface area (Å²) in [5, 5.41) is 30.0. The molecule has 0 aliphatic heterocycles. The first-order valence-electron chi connectivity index (χ1n) is 7.54. The van der Waals surface area contributed by atoms with Gasteiger partial charge in [-0.3, -0.25) is 0 Å². The normalized spacial score (nSPS) is 16.5. The van der Waals surface area contributed by atoms with E-state index in [0.717, 1.165) is 19.3 Å². The molecule has 0 radical (unpaired) electrons. The van der Waals surface area contributed by atoms with Gasteiger partial charge in [-0.15, -0.1) is 0 Å². The number of rotatable bonds is 12. The monoisotopic (exact) mass is 261 g/mol. The summed E-state index contributed by atoms with van der Waals surface area (Å²) >= 11 is 0. The third-order valence-corrected chi connectivity index (χ3v) is 3.48. The lowest BCUT2D eigenvalue weighted by Gasteiger charge is -2.36. The Morgan fingerprint density at radius 2 is 1.33 bits per heavy atom. The molecule has 0 saturated carbocycles.